The summed E-state index contributed by atoms with van der Waals surface area (Å²) in [6.07, 6.45) is 0. The molecule has 0 saturated carbocycles. The summed E-state index contributed by atoms with van der Waals surface area (Å²) in [5.74, 6) is 0.979. The fraction of sp³-hybridized carbons (Fsp3) is 0.375. The number of thiophene rings is 1. The van der Waals surface area contributed by atoms with Gasteiger partial charge in [0.1, 0.15) is 11.5 Å². The van der Waals surface area contributed by atoms with Crippen LogP contribution in [-0.4, -0.2) is 43.3 Å². The number of phenols is 1. The molecule has 1 aliphatic rings. The number of aromatic hydroxyl groups is 1. The van der Waals surface area contributed by atoms with E-state index in [1.165, 1.54) is 4.88 Å². The van der Waals surface area contributed by atoms with Crippen LogP contribution in [-0.2, 0) is 0 Å². The molecule has 0 aliphatic carbocycles. The first-order valence-corrected chi connectivity index (χ1v) is 8.02. The van der Waals surface area contributed by atoms with E-state index in [2.05, 4.69) is 27.7 Å². The smallest absolute Gasteiger partial charge is 0.124 e. The van der Waals surface area contributed by atoms with Crippen LogP contribution in [0.15, 0.2) is 35.7 Å². The Bertz CT molecular complexity index is 590. The van der Waals surface area contributed by atoms with E-state index < -0.39 is 0 Å². The third-order valence-electron chi connectivity index (χ3n) is 3.86. The zero-order valence-corrected chi connectivity index (χ0v) is 15.3. The Labute approximate surface area is 153 Å². The quantitative estimate of drug-likeness (QED) is 0.858. The second-order valence-corrected chi connectivity index (χ2v) is 6.11. The molecule has 128 valence electrons. The first-order chi connectivity index (χ1) is 10.3. The van der Waals surface area contributed by atoms with Gasteiger partial charge in [-0.25, -0.2) is 0 Å². The van der Waals surface area contributed by atoms with Gasteiger partial charge in [-0.3, -0.25) is 4.90 Å². The Hall–Kier alpha value is -0.980. The van der Waals surface area contributed by atoms with Crippen molar-refractivity contribution in [2.45, 2.75) is 6.04 Å². The van der Waals surface area contributed by atoms with Crippen molar-refractivity contribution in [3.05, 3.63) is 46.2 Å². The summed E-state index contributed by atoms with van der Waals surface area (Å²) in [4.78, 5) is 3.68. The van der Waals surface area contributed by atoms with Gasteiger partial charge in [0.25, 0.3) is 0 Å². The van der Waals surface area contributed by atoms with Gasteiger partial charge in [0.2, 0.25) is 0 Å². The number of rotatable bonds is 4. The number of hydrogen-bond acceptors (Lipinski definition) is 5. The molecular formula is C16H22Cl2N2O2S. The monoisotopic (exact) mass is 376 g/mol. The van der Waals surface area contributed by atoms with Gasteiger partial charge in [-0.2, -0.15) is 0 Å². The minimum atomic E-state index is 0. The zero-order chi connectivity index (χ0) is 14.7. The number of nitrogens with one attached hydrogen (secondary N) is 1. The van der Waals surface area contributed by atoms with Gasteiger partial charge in [-0.15, -0.1) is 36.2 Å². The highest BCUT2D eigenvalue weighted by molar-refractivity contribution is 7.10. The maximum Gasteiger partial charge on any atom is 0.124 e. The Morgan fingerprint density at radius 3 is 2.52 bits per heavy atom. The predicted octanol–water partition coefficient (Wildman–Crippen LogP) is 3.30. The number of hydrogen-bond donors (Lipinski definition) is 2. The highest BCUT2D eigenvalue weighted by atomic mass is 35.5. The maximum atomic E-state index is 10.4. The van der Waals surface area contributed by atoms with Crippen LogP contribution in [0.3, 0.4) is 0 Å². The summed E-state index contributed by atoms with van der Waals surface area (Å²) in [5.41, 5.74) is 0.945. The lowest BCUT2D eigenvalue weighted by Crippen LogP contribution is -2.45. The molecule has 1 aromatic carbocycles. The minimum absolute atomic E-state index is 0. The molecule has 1 fully saturated rings. The third-order valence-corrected chi connectivity index (χ3v) is 4.79. The Morgan fingerprint density at radius 1 is 1.22 bits per heavy atom. The van der Waals surface area contributed by atoms with Gasteiger partial charge >= 0.3 is 0 Å². The average Bonchev–Trinajstić information content (AvgIpc) is 3.04. The molecule has 2 N–H and O–H groups in total. The standard InChI is InChI=1S/C16H20N2O2S.2ClH/c1-20-12-4-5-13(14(19)11-12)16(15-3-2-10-21-15)18-8-6-17-7-9-18;;/h2-5,10-11,16-17,19H,6-9H2,1H3;2*1H/t16-;;/m1../s1. The van der Waals surface area contributed by atoms with Crippen LogP contribution in [0.25, 0.3) is 0 Å². The largest absolute Gasteiger partial charge is 0.507 e. The van der Waals surface area contributed by atoms with Gasteiger partial charge in [0, 0.05) is 42.7 Å². The molecular weight excluding hydrogens is 355 g/mol. The van der Waals surface area contributed by atoms with E-state index in [0.717, 1.165) is 31.7 Å². The topological polar surface area (TPSA) is 44.7 Å². The molecule has 0 unspecified atom stereocenters. The first-order valence-electron chi connectivity index (χ1n) is 7.14. The molecule has 2 aromatic rings. The third kappa shape index (κ3) is 4.52. The number of benzene rings is 1. The Kier molecular flexibility index (Phi) is 8.16. The van der Waals surface area contributed by atoms with Crippen LogP contribution >= 0.6 is 36.2 Å². The number of nitrogens with zero attached hydrogens (tertiary/aromatic N) is 1. The van der Waals surface area contributed by atoms with Gasteiger partial charge in [0.05, 0.1) is 13.2 Å². The lowest BCUT2D eigenvalue weighted by atomic mass is 10.0. The summed E-state index contributed by atoms with van der Waals surface area (Å²) in [5, 5.41) is 15.9. The van der Waals surface area contributed by atoms with Crippen molar-refractivity contribution >= 4 is 36.2 Å². The number of ether oxygens (including phenoxy) is 1. The van der Waals surface area contributed by atoms with Crippen molar-refractivity contribution in [1.29, 1.82) is 0 Å². The molecule has 7 heteroatoms. The summed E-state index contributed by atoms with van der Waals surface area (Å²) in [6, 6.07) is 9.89. The number of halogens is 2. The number of piperazine rings is 1. The first kappa shape index (κ1) is 20.1. The van der Waals surface area contributed by atoms with E-state index in [4.69, 9.17) is 4.74 Å². The van der Waals surface area contributed by atoms with E-state index >= 15 is 0 Å². The Balaban J connectivity index is 0.00000132. The van der Waals surface area contributed by atoms with Crippen LogP contribution in [0, 0.1) is 0 Å². The number of phenolic OH excluding ortho intramolecular Hbond substituents is 1. The summed E-state index contributed by atoms with van der Waals surface area (Å²) < 4.78 is 5.18. The van der Waals surface area contributed by atoms with Crippen molar-refractivity contribution in [2.24, 2.45) is 0 Å². The SMILES string of the molecule is COc1ccc([C@H](c2cccs2)N2CCNCC2)c(O)c1.Cl.Cl. The van der Waals surface area contributed by atoms with E-state index in [1.807, 2.05) is 12.1 Å². The zero-order valence-electron chi connectivity index (χ0n) is 12.9. The van der Waals surface area contributed by atoms with Crippen molar-refractivity contribution < 1.29 is 9.84 Å². The van der Waals surface area contributed by atoms with E-state index in [1.54, 1.807) is 24.5 Å². The number of methoxy groups -OCH3 is 1. The van der Waals surface area contributed by atoms with E-state index in [-0.39, 0.29) is 30.9 Å². The van der Waals surface area contributed by atoms with Crippen molar-refractivity contribution in [3.63, 3.8) is 0 Å². The second kappa shape index (κ2) is 9.35. The molecule has 2 heterocycles. The fourth-order valence-corrected chi connectivity index (χ4v) is 3.68. The predicted molar refractivity (Wildman–Crippen MR) is 99.8 cm³/mol. The van der Waals surface area contributed by atoms with Gasteiger partial charge in [-0.05, 0) is 23.6 Å². The normalized spacial score (nSPS) is 16.0. The van der Waals surface area contributed by atoms with Crippen LogP contribution < -0.4 is 10.1 Å². The molecule has 0 radical (unpaired) electrons. The van der Waals surface area contributed by atoms with Crippen LogP contribution in [0.1, 0.15) is 16.5 Å². The molecule has 23 heavy (non-hydrogen) atoms. The molecule has 1 atom stereocenters. The van der Waals surface area contributed by atoms with Crippen LogP contribution in [0.5, 0.6) is 11.5 Å². The summed E-state index contributed by atoms with van der Waals surface area (Å²) in [6.45, 7) is 3.93. The summed E-state index contributed by atoms with van der Waals surface area (Å²) in [7, 11) is 1.61. The van der Waals surface area contributed by atoms with Gasteiger partial charge in [0.15, 0.2) is 0 Å². The lowest BCUT2D eigenvalue weighted by molar-refractivity contribution is 0.198. The highest BCUT2D eigenvalue weighted by Gasteiger charge is 2.26. The lowest BCUT2D eigenvalue weighted by Gasteiger charge is -2.35. The minimum Gasteiger partial charge on any atom is -0.507 e. The van der Waals surface area contributed by atoms with Crippen molar-refractivity contribution in [2.75, 3.05) is 33.3 Å². The summed E-state index contributed by atoms with van der Waals surface area (Å²) >= 11 is 1.73. The molecule has 0 spiro atoms. The van der Waals surface area contributed by atoms with Crippen molar-refractivity contribution in [1.82, 2.24) is 10.2 Å². The molecule has 0 amide bonds. The Morgan fingerprint density at radius 2 is 1.96 bits per heavy atom. The van der Waals surface area contributed by atoms with E-state index in [9.17, 15) is 5.11 Å². The molecule has 0 bridgehead atoms. The fourth-order valence-electron chi connectivity index (χ4n) is 2.80. The molecule has 1 aliphatic heterocycles. The maximum absolute atomic E-state index is 10.4. The van der Waals surface area contributed by atoms with Crippen LogP contribution in [0.4, 0.5) is 0 Å². The average molecular weight is 377 g/mol. The molecule has 1 saturated heterocycles. The van der Waals surface area contributed by atoms with Crippen LogP contribution in [0.2, 0.25) is 0 Å². The second-order valence-electron chi connectivity index (χ2n) is 5.13. The molecule has 1 aromatic heterocycles. The molecule has 3 rings (SSSR count). The molecule has 4 nitrogen and oxygen atoms in total. The van der Waals surface area contributed by atoms with Gasteiger partial charge in [-0.1, -0.05) is 6.07 Å². The van der Waals surface area contributed by atoms with E-state index in [0.29, 0.717) is 11.5 Å². The highest BCUT2D eigenvalue weighted by Crippen LogP contribution is 2.38. The van der Waals surface area contributed by atoms with Gasteiger partial charge < -0.3 is 15.2 Å². The van der Waals surface area contributed by atoms with Crippen molar-refractivity contribution in [3.8, 4) is 11.5 Å².